The molecule has 1 fully saturated rings. The molecule has 6 heteroatoms. The molecule has 1 aliphatic carbocycles. The highest BCUT2D eigenvalue weighted by Crippen LogP contribution is 2.44. The van der Waals surface area contributed by atoms with Crippen LogP contribution in [0, 0.1) is 12.8 Å². The minimum absolute atomic E-state index is 0.234. The number of rotatable bonds is 4. The molecule has 0 radical (unpaired) electrons. The molecule has 0 aromatic carbocycles. The summed E-state index contributed by atoms with van der Waals surface area (Å²) < 4.78 is 5.02. The largest absolute Gasteiger partial charge is 0.481 e. The van der Waals surface area contributed by atoms with Gasteiger partial charge in [0.15, 0.2) is 0 Å². The zero-order valence-electron chi connectivity index (χ0n) is 10.8. The predicted molar refractivity (Wildman–Crippen MR) is 68.3 cm³/mol. The molecular formula is C13H15N3O3. The van der Waals surface area contributed by atoms with Crippen LogP contribution in [0.4, 0.5) is 0 Å². The van der Waals surface area contributed by atoms with Gasteiger partial charge in [0.1, 0.15) is 5.65 Å². The van der Waals surface area contributed by atoms with Crippen LogP contribution >= 0.6 is 0 Å². The number of nitrogens with one attached hydrogen (secondary N) is 1. The average molecular weight is 261 g/mol. The van der Waals surface area contributed by atoms with E-state index < -0.39 is 11.9 Å². The van der Waals surface area contributed by atoms with E-state index >= 15 is 0 Å². The summed E-state index contributed by atoms with van der Waals surface area (Å²) in [4.78, 5) is 22.9. The van der Waals surface area contributed by atoms with Crippen LogP contribution in [0.3, 0.4) is 0 Å². The van der Waals surface area contributed by atoms with Gasteiger partial charge in [0, 0.05) is 11.6 Å². The van der Waals surface area contributed by atoms with E-state index in [1.165, 1.54) is 7.11 Å². The van der Waals surface area contributed by atoms with Crippen molar-refractivity contribution in [1.29, 1.82) is 0 Å². The second-order valence-corrected chi connectivity index (χ2v) is 4.92. The Kier molecular flexibility index (Phi) is 2.66. The molecule has 0 saturated heterocycles. The first-order valence-corrected chi connectivity index (χ1v) is 6.24. The van der Waals surface area contributed by atoms with Gasteiger partial charge >= 0.3 is 12.0 Å². The number of aryl methyl sites for hydroxylation is 1. The highest BCUT2D eigenvalue weighted by atomic mass is 16.5. The average Bonchev–Trinajstić information content (AvgIpc) is 3.09. The molecule has 2 N–H and O–H groups in total. The van der Waals surface area contributed by atoms with Gasteiger partial charge in [-0.2, -0.15) is 9.97 Å². The number of carboxylic acids is 1. The summed E-state index contributed by atoms with van der Waals surface area (Å²) in [6, 6.07) is 0.289. The Morgan fingerprint density at radius 3 is 2.84 bits per heavy atom. The maximum atomic E-state index is 11.5. The number of aliphatic carboxylic acids is 1. The van der Waals surface area contributed by atoms with Gasteiger partial charge in [0.05, 0.1) is 18.7 Å². The van der Waals surface area contributed by atoms with E-state index in [4.69, 9.17) is 4.74 Å². The molecule has 100 valence electrons. The van der Waals surface area contributed by atoms with Gasteiger partial charge in [0.2, 0.25) is 0 Å². The minimum Gasteiger partial charge on any atom is -0.481 e. The van der Waals surface area contributed by atoms with Gasteiger partial charge in [-0.05, 0) is 31.2 Å². The Bertz CT molecular complexity index is 646. The van der Waals surface area contributed by atoms with E-state index in [1.807, 2.05) is 6.92 Å². The van der Waals surface area contributed by atoms with Crippen LogP contribution in [0.2, 0.25) is 0 Å². The molecule has 2 aromatic rings. The molecule has 1 atom stereocenters. The lowest BCUT2D eigenvalue weighted by Gasteiger charge is -2.10. The quantitative estimate of drug-likeness (QED) is 0.876. The number of aromatic amines is 1. The first-order chi connectivity index (χ1) is 9.11. The van der Waals surface area contributed by atoms with Crippen molar-refractivity contribution < 1.29 is 14.6 Å². The van der Waals surface area contributed by atoms with E-state index in [0.29, 0.717) is 5.65 Å². The minimum atomic E-state index is -0.779. The maximum absolute atomic E-state index is 11.5. The van der Waals surface area contributed by atoms with Crippen molar-refractivity contribution in [3.63, 3.8) is 0 Å². The molecule has 1 saturated carbocycles. The van der Waals surface area contributed by atoms with Crippen LogP contribution in [0.5, 0.6) is 6.01 Å². The molecule has 1 unspecified atom stereocenters. The van der Waals surface area contributed by atoms with Crippen LogP contribution < -0.4 is 4.74 Å². The molecule has 0 amide bonds. The third-order valence-electron chi connectivity index (χ3n) is 3.60. The molecule has 0 aliphatic heterocycles. The predicted octanol–water partition coefficient (Wildman–Crippen LogP) is 1.85. The maximum Gasteiger partial charge on any atom is 0.318 e. The van der Waals surface area contributed by atoms with Gasteiger partial charge < -0.3 is 14.8 Å². The number of hydrogen-bond donors (Lipinski definition) is 2. The number of ether oxygens (including phenoxy) is 1. The van der Waals surface area contributed by atoms with Crippen LogP contribution in [0.15, 0.2) is 6.20 Å². The summed E-state index contributed by atoms with van der Waals surface area (Å²) in [7, 11) is 1.51. The van der Waals surface area contributed by atoms with Crippen molar-refractivity contribution in [2.75, 3.05) is 7.11 Å². The van der Waals surface area contributed by atoms with Crippen LogP contribution in [0.25, 0.3) is 11.0 Å². The lowest BCUT2D eigenvalue weighted by Crippen LogP contribution is -2.13. The lowest BCUT2D eigenvalue weighted by atomic mass is 9.94. The zero-order valence-corrected chi connectivity index (χ0v) is 10.8. The number of fused-ring (bicyclic) bond motifs is 1. The molecular weight excluding hydrogens is 246 g/mol. The second kappa shape index (κ2) is 4.22. The number of nitrogens with zero attached hydrogens (tertiary/aromatic N) is 2. The highest BCUT2D eigenvalue weighted by molar-refractivity contribution is 5.89. The molecule has 1 aliphatic rings. The fourth-order valence-corrected chi connectivity index (χ4v) is 2.57. The third-order valence-corrected chi connectivity index (χ3v) is 3.60. The van der Waals surface area contributed by atoms with E-state index in [-0.39, 0.29) is 11.9 Å². The van der Waals surface area contributed by atoms with Gasteiger partial charge in [-0.25, -0.2) is 0 Å². The van der Waals surface area contributed by atoms with E-state index in [2.05, 4.69) is 15.0 Å². The highest BCUT2D eigenvalue weighted by Gasteiger charge is 2.39. The summed E-state index contributed by atoms with van der Waals surface area (Å²) in [6.07, 6.45) is 3.68. The summed E-state index contributed by atoms with van der Waals surface area (Å²) in [5.41, 5.74) is 2.15. The van der Waals surface area contributed by atoms with Gasteiger partial charge in [-0.15, -0.1) is 0 Å². The Morgan fingerprint density at radius 1 is 1.53 bits per heavy atom. The molecule has 19 heavy (non-hydrogen) atoms. The van der Waals surface area contributed by atoms with Crippen molar-refractivity contribution in [3.05, 3.63) is 17.5 Å². The van der Waals surface area contributed by atoms with E-state index in [0.717, 1.165) is 29.5 Å². The smallest absolute Gasteiger partial charge is 0.318 e. The molecule has 2 aromatic heterocycles. The molecule has 3 rings (SSSR count). The Balaban J connectivity index is 2.16. The SMILES string of the molecule is COc1nc(C)c2c(C(C(=O)O)C3CC3)c[nH]c2n1. The van der Waals surface area contributed by atoms with Crippen LogP contribution in [-0.4, -0.2) is 33.1 Å². The molecule has 0 spiro atoms. The summed E-state index contributed by atoms with van der Waals surface area (Å²) in [6.45, 7) is 1.84. The van der Waals surface area contributed by atoms with Crippen molar-refractivity contribution in [3.8, 4) is 6.01 Å². The monoisotopic (exact) mass is 261 g/mol. The van der Waals surface area contributed by atoms with Gasteiger partial charge in [0.25, 0.3) is 0 Å². The fraction of sp³-hybridized carbons (Fsp3) is 0.462. The molecule has 2 heterocycles. The number of H-pyrrole nitrogens is 1. The lowest BCUT2D eigenvalue weighted by molar-refractivity contribution is -0.139. The first kappa shape index (κ1) is 12.0. The van der Waals surface area contributed by atoms with Crippen molar-refractivity contribution in [2.24, 2.45) is 5.92 Å². The van der Waals surface area contributed by atoms with Crippen LogP contribution in [-0.2, 0) is 4.79 Å². The molecule has 6 nitrogen and oxygen atoms in total. The summed E-state index contributed by atoms with van der Waals surface area (Å²) in [5.74, 6) is -1.01. The van der Waals surface area contributed by atoms with Crippen molar-refractivity contribution in [2.45, 2.75) is 25.7 Å². The Labute approximate surface area is 109 Å². The first-order valence-electron chi connectivity index (χ1n) is 6.24. The molecule has 0 bridgehead atoms. The number of aromatic nitrogens is 3. The third kappa shape index (κ3) is 1.93. The van der Waals surface area contributed by atoms with Crippen molar-refractivity contribution in [1.82, 2.24) is 15.0 Å². The standard InChI is InChI=1S/C13H15N3O3/c1-6-9-8(10(12(17)18)7-3-4-7)5-14-11(9)16-13(15-6)19-2/h5,7,10H,3-4H2,1-2H3,(H,17,18)(H,14,15,16). The topological polar surface area (TPSA) is 88.1 Å². The zero-order chi connectivity index (χ0) is 13.6. The fourth-order valence-electron chi connectivity index (χ4n) is 2.57. The number of carbonyl (C=O) groups is 1. The van der Waals surface area contributed by atoms with Gasteiger partial charge in [-0.3, -0.25) is 4.79 Å². The second-order valence-electron chi connectivity index (χ2n) is 4.92. The summed E-state index contributed by atoms with van der Waals surface area (Å²) in [5, 5.41) is 10.2. The number of methoxy groups -OCH3 is 1. The number of hydrogen-bond acceptors (Lipinski definition) is 4. The van der Waals surface area contributed by atoms with Crippen LogP contribution in [0.1, 0.15) is 30.0 Å². The Morgan fingerprint density at radius 2 is 2.26 bits per heavy atom. The van der Waals surface area contributed by atoms with Crippen molar-refractivity contribution >= 4 is 17.0 Å². The Hall–Kier alpha value is -2.11. The van der Waals surface area contributed by atoms with Gasteiger partial charge in [-0.1, -0.05) is 0 Å². The van der Waals surface area contributed by atoms with E-state index in [1.54, 1.807) is 6.20 Å². The normalized spacial score (nSPS) is 16.5. The summed E-state index contributed by atoms with van der Waals surface area (Å²) >= 11 is 0. The van der Waals surface area contributed by atoms with E-state index in [9.17, 15) is 9.90 Å². The number of carboxylic acid groups (broad SMARTS) is 1.